The Balaban J connectivity index is 1.43. The van der Waals surface area contributed by atoms with Crippen LogP contribution in [0.2, 0.25) is 5.02 Å². The van der Waals surface area contributed by atoms with Crippen LogP contribution in [0.1, 0.15) is 19.2 Å². The van der Waals surface area contributed by atoms with Gasteiger partial charge >= 0.3 is 0 Å². The highest BCUT2D eigenvalue weighted by atomic mass is 35.5. The Kier molecular flexibility index (Phi) is 7.54. The van der Waals surface area contributed by atoms with Gasteiger partial charge in [-0.25, -0.2) is 9.67 Å². The molecule has 2 aromatic carbocycles. The topological polar surface area (TPSA) is 95.8 Å². The Bertz CT molecular complexity index is 1140. The van der Waals surface area contributed by atoms with Gasteiger partial charge in [-0.1, -0.05) is 17.7 Å². The fraction of sp³-hybridized carbons (Fsp3) is 0.375. The number of aryl methyl sites for hydroxylation is 1. The third-order valence-corrected chi connectivity index (χ3v) is 5.84. The molecule has 0 radical (unpaired) electrons. The molecule has 1 aliphatic heterocycles. The number of anilines is 2. The molecule has 34 heavy (non-hydrogen) atoms. The molecule has 180 valence electrons. The van der Waals surface area contributed by atoms with Crippen molar-refractivity contribution in [2.24, 2.45) is 0 Å². The third-order valence-electron chi connectivity index (χ3n) is 5.60. The fourth-order valence-corrected chi connectivity index (χ4v) is 4.16. The number of rotatable bonds is 8. The zero-order valence-electron chi connectivity index (χ0n) is 19.3. The number of β-amino-alcohol motifs (C(OH)–C–C–N with tert-alkyl or cyclic N) is 1. The minimum Gasteiger partial charge on any atom is -0.492 e. The van der Waals surface area contributed by atoms with Crippen LogP contribution in [0, 0.1) is 6.92 Å². The van der Waals surface area contributed by atoms with E-state index in [1.165, 1.54) is 0 Å². The van der Waals surface area contributed by atoms with Gasteiger partial charge in [-0.3, -0.25) is 4.79 Å². The van der Waals surface area contributed by atoms with E-state index in [4.69, 9.17) is 16.3 Å². The van der Waals surface area contributed by atoms with Crippen molar-refractivity contribution in [3.05, 3.63) is 59.6 Å². The van der Waals surface area contributed by atoms with Gasteiger partial charge in [0.25, 0.3) is 0 Å². The van der Waals surface area contributed by atoms with E-state index in [2.05, 4.69) is 20.3 Å². The second kappa shape index (κ2) is 10.8. The molecular weight excluding hydrogens is 456 g/mol. The number of carbonyl (C=O) groups is 1. The molecule has 1 aromatic heterocycles. The maximum Gasteiger partial charge on any atom is 0.224 e. The molecule has 2 heterocycles. The maximum absolute atomic E-state index is 12.7. The molecule has 3 aromatic rings. The number of benzene rings is 2. The van der Waals surface area contributed by atoms with Crippen molar-refractivity contribution in [3.8, 4) is 11.4 Å². The highest BCUT2D eigenvalue weighted by Gasteiger charge is 2.24. The average molecular weight is 485 g/mol. The Hall–Kier alpha value is -3.30. The van der Waals surface area contributed by atoms with E-state index < -0.39 is 6.23 Å². The molecule has 0 spiro atoms. The second-order valence-corrected chi connectivity index (χ2v) is 8.51. The summed E-state index contributed by atoms with van der Waals surface area (Å²) >= 11 is 6.01. The quantitative estimate of drug-likeness (QED) is 0.474. The van der Waals surface area contributed by atoms with Crippen LogP contribution >= 0.6 is 11.6 Å². The van der Waals surface area contributed by atoms with Crippen molar-refractivity contribution < 1.29 is 14.6 Å². The molecule has 2 N–H and O–H groups in total. The zero-order valence-corrected chi connectivity index (χ0v) is 20.1. The first kappa shape index (κ1) is 23.8. The molecule has 0 aliphatic carbocycles. The van der Waals surface area contributed by atoms with E-state index in [-0.39, 0.29) is 12.5 Å². The molecule has 1 aliphatic rings. The van der Waals surface area contributed by atoms with E-state index >= 15 is 0 Å². The summed E-state index contributed by atoms with van der Waals surface area (Å²) < 4.78 is 7.58. The minimum atomic E-state index is -0.899. The second-order valence-electron chi connectivity index (χ2n) is 8.07. The highest BCUT2D eigenvalue weighted by Crippen LogP contribution is 2.29. The number of aromatic nitrogens is 3. The SMILES string of the molecule is CCOc1cc(N2CCC(=O)N(CC(O)Nc3cccc(Cl)c3)CC2)ccc1-n1cnc(C)n1. The van der Waals surface area contributed by atoms with Crippen LogP contribution in [0.15, 0.2) is 48.8 Å². The first-order valence-corrected chi connectivity index (χ1v) is 11.7. The summed E-state index contributed by atoms with van der Waals surface area (Å²) in [6, 6.07) is 13.1. The smallest absolute Gasteiger partial charge is 0.224 e. The lowest BCUT2D eigenvalue weighted by molar-refractivity contribution is -0.131. The molecule has 4 rings (SSSR count). The van der Waals surface area contributed by atoms with E-state index in [1.807, 2.05) is 38.1 Å². The van der Waals surface area contributed by atoms with Crippen LogP contribution < -0.4 is 15.0 Å². The summed E-state index contributed by atoms with van der Waals surface area (Å²) in [6.45, 7) is 6.22. The van der Waals surface area contributed by atoms with Gasteiger partial charge in [0.2, 0.25) is 5.91 Å². The van der Waals surface area contributed by atoms with Crippen LogP contribution in [-0.2, 0) is 4.79 Å². The largest absolute Gasteiger partial charge is 0.492 e. The number of aliphatic hydroxyl groups is 1. The number of carbonyl (C=O) groups excluding carboxylic acids is 1. The van der Waals surface area contributed by atoms with Gasteiger partial charge in [-0.05, 0) is 44.2 Å². The van der Waals surface area contributed by atoms with E-state index in [1.54, 1.807) is 34.1 Å². The van der Waals surface area contributed by atoms with Crippen LogP contribution in [-0.4, -0.2) is 69.7 Å². The number of hydrogen-bond acceptors (Lipinski definition) is 7. The first-order valence-electron chi connectivity index (χ1n) is 11.3. The van der Waals surface area contributed by atoms with Crippen LogP contribution in [0.3, 0.4) is 0 Å². The molecule has 0 saturated carbocycles. The van der Waals surface area contributed by atoms with Crippen molar-refractivity contribution in [1.29, 1.82) is 0 Å². The Labute approximate surface area is 203 Å². The molecule has 1 atom stereocenters. The van der Waals surface area contributed by atoms with Crippen molar-refractivity contribution in [2.75, 3.05) is 43.0 Å². The molecule has 1 amide bonds. The number of aliphatic hydroxyl groups excluding tert-OH is 1. The number of hydrogen-bond donors (Lipinski definition) is 2. The van der Waals surface area contributed by atoms with Crippen molar-refractivity contribution in [3.63, 3.8) is 0 Å². The van der Waals surface area contributed by atoms with Crippen LogP contribution in [0.4, 0.5) is 11.4 Å². The Morgan fingerprint density at radius 1 is 1.21 bits per heavy atom. The summed E-state index contributed by atoms with van der Waals surface area (Å²) in [4.78, 5) is 20.8. The summed E-state index contributed by atoms with van der Waals surface area (Å²) in [5.41, 5.74) is 2.49. The predicted molar refractivity (Wildman–Crippen MR) is 132 cm³/mol. The summed E-state index contributed by atoms with van der Waals surface area (Å²) in [6.07, 6.45) is 1.12. The summed E-state index contributed by atoms with van der Waals surface area (Å²) in [5, 5.41) is 18.4. The number of nitrogens with zero attached hydrogens (tertiary/aromatic N) is 5. The fourth-order valence-electron chi connectivity index (χ4n) is 3.96. The van der Waals surface area contributed by atoms with Gasteiger partial charge in [0.15, 0.2) is 0 Å². The minimum absolute atomic E-state index is 0.00851. The van der Waals surface area contributed by atoms with E-state index in [0.29, 0.717) is 54.9 Å². The number of nitrogens with one attached hydrogen (secondary N) is 1. The van der Waals surface area contributed by atoms with Crippen LogP contribution in [0.5, 0.6) is 5.75 Å². The first-order chi connectivity index (χ1) is 16.4. The molecule has 1 unspecified atom stereocenters. The zero-order chi connectivity index (χ0) is 24.1. The monoisotopic (exact) mass is 484 g/mol. The standard InChI is InChI=1S/C24H29ClN6O3/c1-3-34-22-14-20(7-8-21(22)31-16-26-17(2)28-31)29-10-9-24(33)30(12-11-29)15-23(32)27-19-6-4-5-18(25)13-19/h4-8,13-14,16,23,27,32H,3,9-12,15H2,1-2H3. The molecule has 9 nitrogen and oxygen atoms in total. The Morgan fingerprint density at radius 3 is 2.79 bits per heavy atom. The summed E-state index contributed by atoms with van der Waals surface area (Å²) in [7, 11) is 0. The lowest BCUT2D eigenvalue weighted by Gasteiger charge is -2.26. The third kappa shape index (κ3) is 5.78. The maximum atomic E-state index is 12.7. The lowest BCUT2D eigenvalue weighted by atomic mass is 10.2. The predicted octanol–water partition coefficient (Wildman–Crippen LogP) is 3.10. The van der Waals surface area contributed by atoms with Gasteiger partial charge in [0, 0.05) is 48.5 Å². The highest BCUT2D eigenvalue weighted by molar-refractivity contribution is 6.30. The van der Waals surface area contributed by atoms with Gasteiger partial charge in [0.05, 0.1) is 13.2 Å². The molecule has 10 heteroatoms. The lowest BCUT2D eigenvalue weighted by Crippen LogP contribution is -2.41. The normalized spacial score (nSPS) is 15.2. The van der Waals surface area contributed by atoms with Gasteiger partial charge in [-0.15, -0.1) is 0 Å². The van der Waals surface area contributed by atoms with Gasteiger partial charge in [0.1, 0.15) is 29.8 Å². The molecule has 1 saturated heterocycles. The van der Waals surface area contributed by atoms with Crippen LogP contribution in [0.25, 0.3) is 5.69 Å². The molecular formula is C24H29ClN6O3. The Morgan fingerprint density at radius 2 is 2.06 bits per heavy atom. The average Bonchev–Trinajstić information content (AvgIpc) is 3.15. The molecule has 1 fully saturated rings. The van der Waals surface area contributed by atoms with Crippen molar-refractivity contribution >= 4 is 28.9 Å². The molecule has 0 bridgehead atoms. The van der Waals surface area contributed by atoms with Crippen molar-refractivity contribution in [2.45, 2.75) is 26.5 Å². The number of halogens is 1. The van der Waals surface area contributed by atoms with Gasteiger partial charge < -0.3 is 25.0 Å². The van der Waals surface area contributed by atoms with E-state index in [0.717, 1.165) is 11.4 Å². The van der Waals surface area contributed by atoms with Gasteiger partial charge in [-0.2, -0.15) is 5.10 Å². The van der Waals surface area contributed by atoms with Crippen molar-refractivity contribution in [1.82, 2.24) is 19.7 Å². The number of ether oxygens (including phenoxy) is 1. The summed E-state index contributed by atoms with van der Waals surface area (Å²) in [5.74, 6) is 1.40. The number of amides is 1. The van der Waals surface area contributed by atoms with E-state index in [9.17, 15) is 9.90 Å².